The van der Waals surface area contributed by atoms with Crippen LogP contribution in [0.1, 0.15) is 37.9 Å². The summed E-state index contributed by atoms with van der Waals surface area (Å²) in [6, 6.07) is 12.8. The smallest absolute Gasteiger partial charge is 0.410 e. The summed E-state index contributed by atoms with van der Waals surface area (Å²) in [5.74, 6) is 0.551. The van der Waals surface area contributed by atoms with Gasteiger partial charge in [-0.05, 0) is 45.0 Å². The van der Waals surface area contributed by atoms with Crippen LogP contribution in [0.2, 0.25) is 25.7 Å². The van der Waals surface area contributed by atoms with Crippen LogP contribution in [0.4, 0.5) is 4.79 Å². The van der Waals surface area contributed by atoms with Crippen molar-refractivity contribution in [1.82, 2.24) is 19.7 Å². The largest absolute Gasteiger partial charge is 0.467 e. The molecular formula is C29H39N5O5Si. The maximum absolute atomic E-state index is 12.6. The lowest BCUT2D eigenvalue weighted by atomic mass is 9.93. The highest BCUT2D eigenvalue weighted by molar-refractivity contribution is 6.76. The highest BCUT2D eigenvalue weighted by atomic mass is 28.3. The number of rotatable bonds is 10. The van der Waals surface area contributed by atoms with Crippen LogP contribution >= 0.6 is 0 Å². The summed E-state index contributed by atoms with van der Waals surface area (Å²) in [5, 5.41) is 20.1. The normalized spacial score (nSPS) is 14.2. The summed E-state index contributed by atoms with van der Waals surface area (Å²) in [7, 11) is 0.287. The molecule has 11 heteroatoms. The number of para-hydroxylation sites is 1. The second kappa shape index (κ2) is 12.0. The first-order chi connectivity index (χ1) is 18.9. The molecule has 1 aliphatic rings. The van der Waals surface area contributed by atoms with Gasteiger partial charge in [-0.15, -0.1) is 10.2 Å². The molecule has 1 aromatic carbocycles. The molecule has 2 aromatic heterocycles. The van der Waals surface area contributed by atoms with Gasteiger partial charge in [0.25, 0.3) is 0 Å². The van der Waals surface area contributed by atoms with Crippen LogP contribution in [-0.4, -0.2) is 73.0 Å². The standard InChI is InChI=1S/C29H39N5O5Si/c1-29(2,3)39-28(35)33-16-20(17-33)26-23(15-30)22-14-24(21-10-8-9-11-25(21)38-19-36-4)31-32-27(22)34(26)18-37-12-13-40(5,6)7/h8-11,14,20H,12-13,16-19H2,1-7H3. The van der Waals surface area contributed by atoms with Gasteiger partial charge in [0.1, 0.15) is 24.2 Å². The molecule has 1 aliphatic heterocycles. The van der Waals surface area contributed by atoms with Gasteiger partial charge in [0.05, 0.1) is 11.3 Å². The molecule has 214 valence electrons. The first kappa shape index (κ1) is 29.5. The number of methoxy groups -OCH3 is 1. The van der Waals surface area contributed by atoms with Crippen molar-refractivity contribution in [1.29, 1.82) is 5.26 Å². The Balaban J connectivity index is 1.71. The van der Waals surface area contributed by atoms with Crippen molar-refractivity contribution >= 4 is 25.2 Å². The van der Waals surface area contributed by atoms with Gasteiger partial charge in [-0.25, -0.2) is 4.79 Å². The topological polar surface area (TPSA) is 112 Å². The number of nitriles is 1. The highest BCUT2D eigenvalue weighted by Gasteiger charge is 2.39. The van der Waals surface area contributed by atoms with Crippen LogP contribution in [0.3, 0.4) is 0 Å². The summed E-state index contributed by atoms with van der Waals surface area (Å²) in [5.41, 5.74) is 2.66. The molecule has 3 heterocycles. The van der Waals surface area contributed by atoms with E-state index < -0.39 is 13.7 Å². The SMILES string of the molecule is COCOc1ccccc1-c1cc2c(C#N)c(C3CN(C(=O)OC(C)(C)C)C3)n(COCC[Si](C)(C)C)c2nn1. The molecule has 1 fully saturated rings. The second-order valence-corrected chi connectivity index (χ2v) is 17.9. The van der Waals surface area contributed by atoms with E-state index in [1.54, 1.807) is 12.0 Å². The number of ether oxygens (including phenoxy) is 4. The lowest BCUT2D eigenvalue weighted by Gasteiger charge is -2.40. The average molecular weight is 566 g/mol. The van der Waals surface area contributed by atoms with E-state index in [4.69, 9.17) is 18.9 Å². The lowest BCUT2D eigenvalue weighted by Crippen LogP contribution is -2.51. The van der Waals surface area contributed by atoms with Gasteiger partial charge in [-0.3, -0.25) is 0 Å². The fourth-order valence-corrected chi connectivity index (χ4v) is 5.30. The zero-order valence-corrected chi connectivity index (χ0v) is 25.5. The molecule has 0 aliphatic carbocycles. The maximum Gasteiger partial charge on any atom is 0.410 e. The molecule has 0 atom stereocenters. The molecule has 0 spiro atoms. The van der Waals surface area contributed by atoms with Crippen molar-refractivity contribution < 1.29 is 23.7 Å². The van der Waals surface area contributed by atoms with Crippen molar-refractivity contribution in [2.75, 3.05) is 33.6 Å². The first-order valence-corrected chi connectivity index (χ1v) is 17.2. The number of nitrogens with zero attached hydrogens (tertiary/aromatic N) is 5. The van der Waals surface area contributed by atoms with Gasteiger partial charge in [-0.1, -0.05) is 31.8 Å². The van der Waals surface area contributed by atoms with E-state index in [2.05, 4.69) is 35.9 Å². The van der Waals surface area contributed by atoms with Crippen molar-refractivity contribution in [3.8, 4) is 23.1 Å². The third-order valence-electron chi connectivity index (χ3n) is 6.59. The second-order valence-electron chi connectivity index (χ2n) is 12.2. The molecule has 0 unspecified atom stereocenters. The van der Waals surface area contributed by atoms with Crippen LogP contribution in [0.5, 0.6) is 5.75 Å². The number of hydrogen-bond donors (Lipinski definition) is 0. The van der Waals surface area contributed by atoms with Gasteiger partial charge < -0.3 is 28.4 Å². The minimum atomic E-state index is -1.28. The fourth-order valence-electron chi connectivity index (χ4n) is 4.55. The number of carbonyl (C=O) groups is 1. The quantitative estimate of drug-likeness (QED) is 0.177. The molecule has 0 N–H and O–H groups in total. The molecule has 10 nitrogen and oxygen atoms in total. The van der Waals surface area contributed by atoms with E-state index in [1.807, 2.05) is 55.7 Å². The monoisotopic (exact) mass is 565 g/mol. The molecule has 0 bridgehead atoms. The van der Waals surface area contributed by atoms with E-state index in [0.717, 1.165) is 17.3 Å². The molecular weight excluding hydrogens is 526 g/mol. The van der Waals surface area contributed by atoms with Gasteiger partial charge >= 0.3 is 6.09 Å². The molecule has 4 rings (SSSR count). The van der Waals surface area contributed by atoms with Crippen molar-refractivity contribution in [3.05, 3.63) is 41.6 Å². The predicted molar refractivity (Wildman–Crippen MR) is 155 cm³/mol. The summed E-state index contributed by atoms with van der Waals surface area (Å²) in [6.07, 6.45) is -0.356. The van der Waals surface area contributed by atoms with Crippen molar-refractivity contribution in [2.24, 2.45) is 0 Å². The number of carbonyl (C=O) groups excluding carboxylic acids is 1. The Bertz CT molecular complexity index is 1400. The Morgan fingerprint density at radius 2 is 1.90 bits per heavy atom. The Labute approximate surface area is 236 Å². The maximum atomic E-state index is 12.6. The van der Waals surface area contributed by atoms with Crippen LogP contribution < -0.4 is 4.74 Å². The number of hydrogen-bond acceptors (Lipinski definition) is 8. The average Bonchev–Trinajstić information content (AvgIpc) is 3.15. The Kier molecular flexibility index (Phi) is 8.82. The highest BCUT2D eigenvalue weighted by Crippen LogP contribution is 2.38. The van der Waals surface area contributed by atoms with Gasteiger partial charge in [-0.2, -0.15) is 5.26 Å². The zero-order chi connectivity index (χ0) is 29.1. The predicted octanol–water partition coefficient (Wildman–Crippen LogP) is 5.60. The summed E-state index contributed by atoms with van der Waals surface area (Å²) in [4.78, 5) is 14.3. The summed E-state index contributed by atoms with van der Waals surface area (Å²) in [6.45, 7) is 14.3. The van der Waals surface area contributed by atoms with E-state index in [9.17, 15) is 10.1 Å². The van der Waals surface area contributed by atoms with Crippen molar-refractivity contribution in [3.63, 3.8) is 0 Å². The lowest BCUT2D eigenvalue weighted by molar-refractivity contribution is 0.00681. The molecule has 0 radical (unpaired) electrons. The van der Waals surface area contributed by atoms with Crippen LogP contribution in [0, 0.1) is 11.3 Å². The molecule has 0 saturated carbocycles. The minimum Gasteiger partial charge on any atom is -0.467 e. The van der Waals surface area contributed by atoms with Gasteiger partial charge in [0, 0.05) is 57.4 Å². The zero-order valence-electron chi connectivity index (χ0n) is 24.5. The van der Waals surface area contributed by atoms with Crippen LogP contribution in [0.25, 0.3) is 22.3 Å². The molecule has 40 heavy (non-hydrogen) atoms. The summed E-state index contributed by atoms with van der Waals surface area (Å²) >= 11 is 0. The molecule has 3 aromatic rings. The van der Waals surface area contributed by atoms with Gasteiger partial charge in [0.15, 0.2) is 12.4 Å². The number of fused-ring (bicyclic) bond motifs is 1. The Morgan fingerprint density at radius 3 is 2.55 bits per heavy atom. The van der Waals surface area contributed by atoms with Crippen LogP contribution in [0.15, 0.2) is 30.3 Å². The fraction of sp³-hybridized carbons (Fsp3) is 0.517. The molecule has 1 saturated heterocycles. The Hall–Kier alpha value is -3.46. The van der Waals surface area contributed by atoms with E-state index >= 15 is 0 Å². The third kappa shape index (κ3) is 6.81. The number of likely N-dealkylation sites (tertiary alicyclic amines) is 1. The third-order valence-corrected chi connectivity index (χ3v) is 8.29. The Morgan fingerprint density at radius 1 is 1.18 bits per heavy atom. The minimum absolute atomic E-state index is 0.0577. The van der Waals surface area contributed by atoms with E-state index in [1.165, 1.54) is 0 Å². The number of amides is 1. The number of aromatic nitrogens is 3. The summed E-state index contributed by atoms with van der Waals surface area (Å²) < 4.78 is 24.4. The van der Waals surface area contributed by atoms with E-state index in [0.29, 0.717) is 47.7 Å². The number of benzene rings is 1. The van der Waals surface area contributed by atoms with Crippen LogP contribution in [-0.2, 0) is 20.9 Å². The van der Waals surface area contributed by atoms with Gasteiger partial charge in [0.2, 0.25) is 0 Å². The van der Waals surface area contributed by atoms with E-state index in [-0.39, 0.29) is 25.5 Å². The molecule has 1 amide bonds. The first-order valence-electron chi connectivity index (χ1n) is 13.5. The van der Waals surface area contributed by atoms with Crippen molar-refractivity contribution in [2.45, 2.75) is 64.7 Å².